The smallest absolute Gasteiger partial charge is 0.236 e. The number of rotatable bonds is 4. The van der Waals surface area contributed by atoms with Crippen LogP contribution in [0.25, 0.3) is 0 Å². The number of hydrogen-bond donors (Lipinski definition) is 0. The zero-order valence-electron chi connectivity index (χ0n) is 10.9. The second-order valence-corrected chi connectivity index (χ2v) is 4.38. The average Bonchev–Trinajstić information content (AvgIpc) is 2.44. The Hall–Kier alpha value is -2.22. The van der Waals surface area contributed by atoms with Crippen LogP contribution in [0, 0.1) is 11.3 Å². The predicted molar refractivity (Wildman–Crippen MR) is 69.0 cm³/mol. The van der Waals surface area contributed by atoms with Crippen molar-refractivity contribution < 1.29 is 14.3 Å². The van der Waals surface area contributed by atoms with Crippen LogP contribution in [0.3, 0.4) is 0 Å². The number of nitriles is 1. The Bertz CT molecular complexity index is 508. The highest BCUT2D eigenvalue weighted by molar-refractivity contribution is 5.77. The molecule has 0 spiro atoms. The Morgan fingerprint density at radius 1 is 1.37 bits per heavy atom. The second-order valence-electron chi connectivity index (χ2n) is 4.38. The Kier molecular flexibility index (Phi) is 4.24. The SMILES string of the molecule is CN(CCc1ccc2c(c1)OCCO2)C(=O)CC#N. The molecule has 1 amide bonds. The summed E-state index contributed by atoms with van der Waals surface area (Å²) in [7, 11) is 1.71. The highest BCUT2D eigenvalue weighted by Gasteiger charge is 2.12. The first kappa shape index (κ1) is 13.2. The number of amides is 1. The lowest BCUT2D eigenvalue weighted by Crippen LogP contribution is -2.28. The van der Waals surface area contributed by atoms with E-state index < -0.39 is 0 Å². The molecule has 1 aliphatic heterocycles. The van der Waals surface area contributed by atoms with Gasteiger partial charge in [-0.1, -0.05) is 6.07 Å². The molecule has 0 bridgehead atoms. The van der Waals surface area contributed by atoms with E-state index in [4.69, 9.17) is 14.7 Å². The lowest BCUT2D eigenvalue weighted by Gasteiger charge is -2.20. The molecule has 19 heavy (non-hydrogen) atoms. The van der Waals surface area contributed by atoms with Crippen molar-refractivity contribution in [2.75, 3.05) is 26.8 Å². The topological polar surface area (TPSA) is 62.6 Å². The molecule has 1 heterocycles. The first-order chi connectivity index (χ1) is 9.20. The van der Waals surface area contributed by atoms with E-state index in [0.717, 1.165) is 23.5 Å². The van der Waals surface area contributed by atoms with Crippen LogP contribution in [0.4, 0.5) is 0 Å². The van der Waals surface area contributed by atoms with Gasteiger partial charge in [-0.15, -0.1) is 0 Å². The van der Waals surface area contributed by atoms with Gasteiger partial charge in [0, 0.05) is 13.6 Å². The number of hydrogen-bond acceptors (Lipinski definition) is 4. The molecular formula is C14H16N2O3. The van der Waals surface area contributed by atoms with Crippen LogP contribution in [0.5, 0.6) is 11.5 Å². The molecule has 5 heteroatoms. The van der Waals surface area contributed by atoms with Crippen LogP contribution in [0.15, 0.2) is 18.2 Å². The highest BCUT2D eigenvalue weighted by Crippen LogP contribution is 2.30. The number of benzene rings is 1. The first-order valence-corrected chi connectivity index (χ1v) is 6.20. The van der Waals surface area contributed by atoms with E-state index in [2.05, 4.69) is 0 Å². The summed E-state index contributed by atoms with van der Waals surface area (Å²) < 4.78 is 11.0. The zero-order chi connectivity index (χ0) is 13.7. The van der Waals surface area contributed by atoms with Crippen molar-refractivity contribution in [1.82, 2.24) is 4.90 Å². The standard InChI is InChI=1S/C14H16N2O3/c1-16(14(17)4-6-15)7-5-11-2-3-12-13(10-11)19-9-8-18-12/h2-3,10H,4-5,7-9H2,1H3. The molecular weight excluding hydrogens is 244 g/mol. The third-order valence-electron chi connectivity index (χ3n) is 3.00. The molecule has 0 aromatic heterocycles. The fraction of sp³-hybridized carbons (Fsp3) is 0.429. The zero-order valence-corrected chi connectivity index (χ0v) is 10.9. The fourth-order valence-electron chi connectivity index (χ4n) is 1.87. The summed E-state index contributed by atoms with van der Waals surface area (Å²) in [6, 6.07) is 7.66. The predicted octanol–water partition coefficient (Wildman–Crippen LogP) is 1.37. The number of ether oxygens (including phenoxy) is 2. The number of fused-ring (bicyclic) bond motifs is 1. The average molecular weight is 260 g/mol. The number of carbonyl (C=O) groups is 1. The van der Waals surface area contributed by atoms with E-state index in [1.165, 1.54) is 0 Å². The van der Waals surface area contributed by atoms with Crippen LogP contribution in [0.1, 0.15) is 12.0 Å². The van der Waals surface area contributed by atoms with E-state index in [1.54, 1.807) is 11.9 Å². The van der Waals surface area contributed by atoms with Gasteiger partial charge < -0.3 is 14.4 Å². The molecule has 0 atom stereocenters. The van der Waals surface area contributed by atoms with E-state index in [0.29, 0.717) is 19.8 Å². The van der Waals surface area contributed by atoms with Crippen molar-refractivity contribution in [3.05, 3.63) is 23.8 Å². The normalized spacial score (nSPS) is 12.6. The molecule has 100 valence electrons. The maximum absolute atomic E-state index is 11.5. The van der Waals surface area contributed by atoms with Gasteiger partial charge in [0.2, 0.25) is 5.91 Å². The molecule has 0 saturated heterocycles. The van der Waals surface area contributed by atoms with E-state index in [9.17, 15) is 4.79 Å². The second kappa shape index (κ2) is 6.10. The van der Waals surface area contributed by atoms with Crippen LogP contribution < -0.4 is 9.47 Å². The molecule has 0 N–H and O–H groups in total. The molecule has 2 rings (SSSR count). The minimum atomic E-state index is -0.153. The van der Waals surface area contributed by atoms with Crippen molar-refractivity contribution in [1.29, 1.82) is 5.26 Å². The molecule has 0 fully saturated rings. The van der Waals surface area contributed by atoms with Gasteiger partial charge in [-0.05, 0) is 24.1 Å². The largest absolute Gasteiger partial charge is 0.486 e. The summed E-state index contributed by atoms with van der Waals surface area (Å²) in [6.07, 6.45) is 0.655. The molecule has 1 aliphatic rings. The lowest BCUT2D eigenvalue weighted by atomic mass is 10.1. The molecule has 0 unspecified atom stereocenters. The summed E-state index contributed by atoms with van der Waals surface area (Å²) in [5, 5.41) is 8.48. The Morgan fingerprint density at radius 2 is 2.11 bits per heavy atom. The highest BCUT2D eigenvalue weighted by atomic mass is 16.6. The molecule has 1 aromatic rings. The Morgan fingerprint density at radius 3 is 2.84 bits per heavy atom. The van der Waals surface area contributed by atoms with Gasteiger partial charge in [0.1, 0.15) is 19.6 Å². The van der Waals surface area contributed by atoms with Gasteiger partial charge >= 0.3 is 0 Å². The minimum absolute atomic E-state index is 0.0718. The van der Waals surface area contributed by atoms with Gasteiger partial charge in [0.25, 0.3) is 0 Å². The number of carbonyl (C=O) groups excluding carboxylic acids is 1. The van der Waals surface area contributed by atoms with Crippen molar-refractivity contribution in [3.63, 3.8) is 0 Å². The lowest BCUT2D eigenvalue weighted by molar-refractivity contribution is -0.128. The molecule has 5 nitrogen and oxygen atoms in total. The summed E-state index contributed by atoms with van der Waals surface area (Å²) in [6.45, 7) is 1.73. The maximum atomic E-state index is 11.5. The summed E-state index contributed by atoms with van der Waals surface area (Å²) in [5.74, 6) is 1.37. The van der Waals surface area contributed by atoms with Crippen molar-refractivity contribution in [2.24, 2.45) is 0 Å². The van der Waals surface area contributed by atoms with Crippen molar-refractivity contribution in [3.8, 4) is 17.6 Å². The molecule has 0 saturated carbocycles. The quantitative estimate of drug-likeness (QED) is 0.820. The molecule has 0 radical (unpaired) electrons. The first-order valence-electron chi connectivity index (χ1n) is 6.20. The third kappa shape index (κ3) is 3.38. The van der Waals surface area contributed by atoms with Gasteiger partial charge in [0.05, 0.1) is 6.07 Å². The van der Waals surface area contributed by atoms with Gasteiger partial charge in [-0.2, -0.15) is 5.26 Å². The fourth-order valence-corrected chi connectivity index (χ4v) is 1.87. The summed E-state index contributed by atoms with van der Waals surface area (Å²) in [5.41, 5.74) is 1.08. The monoisotopic (exact) mass is 260 g/mol. The van der Waals surface area contributed by atoms with E-state index in [1.807, 2.05) is 24.3 Å². The van der Waals surface area contributed by atoms with Crippen molar-refractivity contribution >= 4 is 5.91 Å². The van der Waals surface area contributed by atoms with Gasteiger partial charge in [0.15, 0.2) is 11.5 Å². The molecule has 0 aliphatic carbocycles. The molecule has 1 aromatic carbocycles. The maximum Gasteiger partial charge on any atom is 0.236 e. The Labute approximate surface area is 112 Å². The van der Waals surface area contributed by atoms with Crippen LogP contribution in [0.2, 0.25) is 0 Å². The van der Waals surface area contributed by atoms with Crippen LogP contribution >= 0.6 is 0 Å². The summed E-state index contributed by atoms with van der Waals surface area (Å²) in [4.78, 5) is 13.0. The summed E-state index contributed by atoms with van der Waals surface area (Å²) >= 11 is 0. The van der Waals surface area contributed by atoms with Crippen LogP contribution in [-0.4, -0.2) is 37.6 Å². The van der Waals surface area contributed by atoms with Crippen molar-refractivity contribution in [2.45, 2.75) is 12.8 Å². The van der Waals surface area contributed by atoms with E-state index >= 15 is 0 Å². The number of likely N-dealkylation sites (N-methyl/N-ethyl adjacent to an activating group) is 1. The minimum Gasteiger partial charge on any atom is -0.486 e. The van der Waals surface area contributed by atoms with Crippen LogP contribution in [-0.2, 0) is 11.2 Å². The number of nitrogens with zero attached hydrogens (tertiary/aromatic N) is 2. The van der Waals surface area contributed by atoms with Gasteiger partial charge in [-0.3, -0.25) is 4.79 Å². The van der Waals surface area contributed by atoms with Gasteiger partial charge in [-0.25, -0.2) is 0 Å². The Balaban J connectivity index is 1.93. The van der Waals surface area contributed by atoms with E-state index in [-0.39, 0.29) is 12.3 Å². The third-order valence-corrected chi connectivity index (χ3v) is 3.00.